The van der Waals surface area contributed by atoms with Gasteiger partial charge in [0, 0.05) is 12.3 Å². The Morgan fingerprint density at radius 2 is 1.55 bits per heavy atom. The molecule has 0 aliphatic heterocycles. The molecule has 1 amide bonds. The Labute approximate surface area is 241 Å². The Balaban J connectivity index is 1.50. The summed E-state index contributed by atoms with van der Waals surface area (Å²) in [4.78, 5) is 37.1. The van der Waals surface area contributed by atoms with E-state index >= 15 is 0 Å². The minimum absolute atomic E-state index is 0.0196. The first-order valence-electron chi connectivity index (χ1n) is 15.9. The molecule has 5 rings (SSSR count). The van der Waals surface area contributed by atoms with Gasteiger partial charge in [-0.1, -0.05) is 46.8 Å². The fourth-order valence-corrected chi connectivity index (χ4v) is 12.3. The van der Waals surface area contributed by atoms with Crippen molar-refractivity contribution in [3.8, 4) is 0 Å². The van der Waals surface area contributed by atoms with Gasteiger partial charge in [-0.2, -0.15) is 0 Å². The number of carbonyl (C=O) groups excluding carboxylic acids is 2. The van der Waals surface area contributed by atoms with Crippen LogP contribution >= 0.6 is 0 Å². The lowest BCUT2D eigenvalue weighted by Crippen LogP contribution is -2.67. The molecule has 6 nitrogen and oxygen atoms in total. The highest BCUT2D eigenvalue weighted by molar-refractivity contribution is 5.86. The zero-order chi connectivity index (χ0) is 29.5. The van der Waals surface area contributed by atoms with Crippen LogP contribution in [0.25, 0.3) is 0 Å². The number of amides is 1. The number of carboxylic acid groups (broad SMARTS) is 1. The topological polar surface area (TPSA) is 92.7 Å². The number of carboxylic acids is 1. The fraction of sp³-hybridized carbons (Fsp3) is 0.853. The molecule has 5 fully saturated rings. The molecular formula is C34H53NO5. The molecule has 0 radical (unpaired) electrons. The first kappa shape index (κ1) is 29.6. The van der Waals surface area contributed by atoms with Crippen LogP contribution in [0.4, 0.5) is 0 Å². The van der Waals surface area contributed by atoms with Crippen LogP contribution in [0.15, 0.2) is 12.2 Å². The normalized spacial score (nSPS) is 47.1. The van der Waals surface area contributed by atoms with Gasteiger partial charge in [-0.05, 0) is 117 Å². The van der Waals surface area contributed by atoms with E-state index in [4.69, 9.17) is 4.74 Å². The van der Waals surface area contributed by atoms with Crippen molar-refractivity contribution in [2.24, 2.45) is 56.7 Å². The van der Waals surface area contributed by atoms with E-state index in [-0.39, 0.29) is 52.1 Å². The number of hydrogen-bond donors (Lipinski definition) is 2. The second-order valence-corrected chi connectivity index (χ2v) is 15.9. The van der Waals surface area contributed by atoms with Gasteiger partial charge in [-0.15, -0.1) is 0 Å². The zero-order valence-corrected chi connectivity index (χ0v) is 26.0. The van der Waals surface area contributed by atoms with E-state index in [1.54, 1.807) is 0 Å². The third-order valence-corrected chi connectivity index (χ3v) is 14.2. The van der Waals surface area contributed by atoms with Crippen LogP contribution < -0.4 is 5.32 Å². The Kier molecular flexibility index (Phi) is 7.11. The third-order valence-electron chi connectivity index (χ3n) is 14.2. The number of allylic oxidation sites excluding steroid dienone is 1. The molecule has 0 spiro atoms. The quantitative estimate of drug-likeness (QED) is 0.288. The number of fused-ring (bicyclic) bond motifs is 7. The standard InChI is InChI=1S/C34H53NO5/c1-20(2)22-11-16-34(29(39)35-19-27(37)38)18-17-32(7)23(28(22)34)9-10-25-31(6)14-13-26(40-21(3)36)30(4,5)24(31)12-15-33(25,32)8/h22-26,28H,1,9-19H2,2-8H3,(H,35,39)(H,37,38)/t22-,23+,24-,25+,26-,28+,31-,32+,33+,34-/m0/s1. The molecule has 224 valence electrons. The maximum atomic E-state index is 13.8. The Bertz CT molecular complexity index is 1100. The van der Waals surface area contributed by atoms with E-state index in [1.807, 2.05) is 0 Å². The summed E-state index contributed by atoms with van der Waals surface area (Å²) < 4.78 is 5.90. The van der Waals surface area contributed by atoms with Crippen molar-refractivity contribution in [2.45, 2.75) is 119 Å². The van der Waals surface area contributed by atoms with Crippen LogP contribution in [-0.4, -0.2) is 35.6 Å². The van der Waals surface area contributed by atoms with E-state index in [1.165, 1.54) is 25.3 Å². The summed E-state index contributed by atoms with van der Waals surface area (Å²) in [6.45, 7) is 20.1. The number of esters is 1. The van der Waals surface area contributed by atoms with Crippen molar-refractivity contribution in [2.75, 3.05) is 6.54 Å². The predicted octanol–water partition coefficient (Wildman–Crippen LogP) is 6.78. The first-order chi connectivity index (χ1) is 18.5. The van der Waals surface area contributed by atoms with Crippen LogP contribution in [0.1, 0.15) is 113 Å². The molecule has 5 saturated carbocycles. The largest absolute Gasteiger partial charge is 0.480 e. The van der Waals surface area contributed by atoms with Crippen LogP contribution in [0, 0.1) is 56.7 Å². The number of rotatable bonds is 5. The number of ether oxygens (including phenoxy) is 1. The monoisotopic (exact) mass is 555 g/mol. The lowest BCUT2D eigenvalue weighted by molar-refractivity contribution is -0.248. The average Bonchev–Trinajstić information content (AvgIpc) is 3.26. The lowest BCUT2D eigenvalue weighted by atomic mass is 9.32. The lowest BCUT2D eigenvalue weighted by Gasteiger charge is -2.72. The van der Waals surface area contributed by atoms with Gasteiger partial charge in [0.2, 0.25) is 5.91 Å². The molecule has 5 aliphatic carbocycles. The van der Waals surface area contributed by atoms with E-state index in [0.717, 1.165) is 51.4 Å². The van der Waals surface area contributed by atoms with E-state index < -0.39 is 11.4 Å². The van der Waals surface area contributed by atoms with E-state index in [9.17, 15) is 19.5 Å². The Morgan fingerprint density at radius 1 is 0.850 bits per heavy atom. The van der Waals surface area contributed by atoms with Gasteiger partial charge in [0.1, 0.15) is 12.6 Å². The summed E-state index contributed by atoms with van der Waals surface area (Å²) in [5.41, 5.74) is 1.10. The average molecular weight is 556 g/mol. The molecule has 0 aromatic rings. The molecule has 40 heavy (non-hydrogen) atoms. The van der Waals surface area contributed by atoms with Gasteiger partial charge < -0.3 is 15.2 Å². The predicted molar refractivity (Wildman–Crippen MR) is 155 cm³/mol. The molecule has 6 heteroatoms. The van der Waals surface area contributed by atoms with Gasteiger partial charge in [0.25, 0.3) is 0 Å². The number of hydrogen-bond acceptors (Lipinski definition) is 4. The minimum Gasteiger partial charge on any atom is -0.480 e. The fourth-order valence-electron chi connectivity index (χ4n) is 12.3. The summed E-state index contributed by atoms with van der Waals surface area (Å²) in [6.07, 6.45) is 10.3. The first-order valence-corrected chi connectivity index (χ1v) is 15.9. The summed E-state index contributed by atoms with van der Waals surface area (Å²) in [6, 6.07) is 0. The zero-order valence-electron chi connectivity index (χ0n) is 26.0. The second kappa shape index (κ2) is 9.59. The highest BCUT2D eigenvalue weighted by Crippen LogP contribution is 2.77. The summed E-state index contributed by atoms with van der Waals surface area (Å²) in [7, 11) is 0. The van der Waals surface area contributed by atoms with E-state index in [0.29, 0.717) is 23.7 Å². The van der Waals surface area contributed by atoms with Crippen molar-refractivity contribution in [1.29, 1.82) is 0 Å². The molecule has 0 heterocycles. The minimum atomic E-state index is -0.985. The van der Waals surface area contributed by atoms with Crippen molar-refractivity contribution < 1.29 is 24.2 Å². The molecule has 10 atom stereocenters. The van der Waals surface area contributed by atoms with Crippen LogP contribution in [0.2, 0.25) is 0 Å². The van der Waals surface area contributed by atoms with Gasteiger partial charge in [-0.3, -0.25) is 14.4 Å². The molecule has 0 unspecified atom stereocenters. The Morgan fingerprint density at radius 3 is 2.17 bits per heavy atom. The van der Waals surface area contributed by atoms with Crippen molar-refractivity contribution >= 4 is 17.8 Å². The van der Waals surface area contributed by atoms with Gasteiger partial charge >= 0.3 is 11.9 Å². The SMILES string of the molecule is C=C(C)[C@@H]1CC[C@]2(C(=O)NCC(=O)O)CC[C@]3(C)[C@H](CC[C@@H]4[C@@]5(C)CC[C@H](OC(C)=O)C(C)(C)[C@@H]5CC[C@]43C)[C@@H]12. The number of carbonyl (C=O) groups is 3. The van der Waals surface area contributed by atoms with Crippen molar-refractivity contribution in [3.63, 3.8) is 0 Å². The van der Waals surface area contributed by atoms with Gasteiger partial charge in [-0.25, -0.2) is 0 Å². The third kappa shape index (κ3) is 3.96. The molecule has 0 saturated heterocycles. The Hall–Kier alpha value is -1.85. The number of nitrogens with one attached hydrogen (secondary N) is 1. The smallest absolute Gasteiger partial charge is 0.322 e. The molecule has 0 aromatic heterocycles. The van der Waals surface area contributed by atoms with E-state index in [2.05, 4.69) is 53.4 Å². The van der Waals surface area contributed by atoms with Crippen LogP contribution in [0.5, 0.6) is 0 Å². The highest BCUT2D eigenvalue weighted by Gasteiger charge is 2.72. The molecule has 0 bridgehead atoms. The maximum absolute atomic E-state index is 13.8. The number of aliphatic carboxylic acids is 1. The van der Waals surface area contributed by atoms with Crippen molar-refractivity contribution in [1.82, 2.24) is 5.32 Å². The van der Waals surface area contributed by atoms with Crippen LogP contribution in [-0.2, 0) is 19.1 Å². The molecular weight excluding hydrogens is 502 g/mol. The van der Waals surface area contributed by atoms with Crippen molar-refractivity contribution in [3.05, 3.63) is 12.2 Å². The highest BCUT2D eigenvalue weighted by atomic mass is 16.5. The summed E-state index contributed by atoms with van der Waals surface area (Å²) in [5, 5.41) is 12.1. The van der Waals surface area contributed by atoms with Gasteiger partial charge in [0.15, 0.2) is 0 Å². The van der Waals surface area contributed by atoms with Gasteiger partial charge in [0.05, 0.1) is 5.41 Å². The molecule has 2 N–H and O–H groups in total. The summed E-state index contributed by atoms with van der Waals surface area (Å²) in [5.74, 6) is 0.859. The second-order valence-electron chi connectivity index (χ2n) is 15.9. The van der Waals surface area contributed by atoms with Crippen LogP contribution in [0.3, 0.4) is 0 Å². The molecule has 0 aromatic carbocycles. The molecule has 5 aliphatic rings. The maximum Gasteiger partial charge on any atom is 0.322 e. The summed E-state index contributed by atoms with van der Waals surface area (Å²) >= 11 is 0.